The first-order valence-corrected chi connectivity index (χ1v) is 13.0. The van der Waals surface area contributed by atoms with Gasteiger partial charge in [-0.2, -0.15) is 18.3 Å². The van der Waals surface area contributed by atoms with E-state index in [1.165, 1.54) is 18.2 Å². The van der Waals surface area contributed by atoms with Crippen LogP contribution in [0.4, 0.5) is 17.6 Å². The molecule has 11 heteroatoms. The molecule has 3 unspecified atom stereocenters. The predicted octanol–water partition coefficient (Wildman–Crippen LogP) is 5.65. The summed E-state index contributed by atoms with van der Waals surface area (Å²) in [5, 5.41) is 6.11. The van der Waals surface area contributed by atoms with Gasteiger partial charge in [-0.05, 0) is 60.1 Å². The van der Waals surface area contributed by atoms with E-state index in [2.05, 4.69) is 15.4 Å². The molecule has 0 radical (unpaired) electrons. The quantitative estimate of drug-likeness (QED) is 0.333. The van der Waals surface area contributed by atoms with Crippen molar-refractivity contribution >= 4 is 5.91 Å². The number of carbonyl (C=O) groups is 1. The maximum absolute atomic E-state index is 15.2. The number of ether oxygens (including phenoxy) is 1. The fourth-order valence-electron chi connectivity index (χ4n) is 4.70. The maximum atomic E-state index is 15.2. The van der Waals surface area contributed by atoms with Gasteiger partial charge in [-0.15, -0.1) is 0 Å². The topological polar surface area (TPSA) is 95.1 Å². The predicted molar refractivity (Wildman–Crippen MR) is 140 cm³/mol. The minimum absolute atomic E-state index is 0.144. The smallest absolute Gasteiger partial charge is 0.373 e. The van der Waals surface area contributed by atoms with E-state index in [9.17, 15) is 18.0 Å². The Morgan fingerprint density at radius 3 is 2.67 bits per heavy atom. The molecule has 7 nitrogen and oxygen atoms in total. The zero-order chi connectivity index (χ0) is 28.4. The zero-order valence-corrected chi connectivity index (χ0v) is 21.7. The Hall–Kier alpha value is -3.83. The van der Waals surface area contributed by atoms with Crippen molar-refractivity contribution in [2.45, 2.75) is 38.6 Å². The second-order valence-corrected chi connectivity index (χ2v) is 10.2. The Morgan fingerprint density at radius 1 is 1.20 bits per heavy atom. The molecule has 2 heterocycles. The fourth-order valence-corrected chi connectivity index (χ4v) is 4.70. The summed E-state index contributed by atoms with van der Waals surface area (Å²) in [5.74, 6) is -1.80. The molecule has 0 spiro atoms. The Bertz CT molecular complexity index is 1430. The van der Waals surface area contributed by atoms with E-state index < -0.39 is 35.4 Å². The van der Waals surface area contributed by atoms with Crippen LogP contribution in [0.1, 0.15) is 53.2 Å². The first kappa shape index (κ1) is 27.7. The molecule has 3 aromatic rings. The van der Waals surface area contributed by atoms with Gasteiger partial charge in [-0.1, -0.05) is 31.2 Å². The summed E-state index contributed by atoms with van der Waals surface area (Å²) in [7, 11) is 0. The van der Waals surface area contributed by atoms with E-state index in [0.29, 0.717) is 24.2 Å². The Balaban J connectivity index is 1.47. The third-order valence-corrected chi connectivity index (χ3v) is 7.08. The number of alkyl halides is 3. The van der Waals surface area contributed by atoms with Crippen molar-refractivity contribution in [2.75, 3.05) is 6.61 Å². The normalized spacial score (nSPS) is 20.1. The molecule has 0 saturated heterocycles. The van der Waals surface area contributed by atoms with Crippen molar-refractivity contribution in [3.05, 3.63) is 101 Å². The lowest BCUT2D eigenvalue weighted by molar-refractivity contribution is -0.141. The largest absolute Gasteiger partial charge is 0.435 e. The number of nitrogens with zero attached hydrogens (tertiary/aromatic N) is 3. The van der Waals surface area contributed by atoms with Gasteiger partial charge in [0.05, 0.1) is 24.1 Å². The van der Waals surface area contributed by atoms with Gasteiger partial charge in [0, 0.05) is 30.9 Å². The molecule has 1 aromatic carbocycles. The molecule has 0 aliphatic heterocycles. The van der Waals surface area contributed by atoms with Gasteiger partial charge < -0.3 is 15.8 Å². The highest BCUT2D eigenvalue weighted by Gasteiger charge is 2.37. The molecule has 210 valence electrons. The SMILES string of the molecule is CC1C=C(F)C(NC(=O)c2cc(C(F)(F)F)nn2-c2cccc(CN)c2)=CC1C(OCC1CC1)c1cccnc1. The van der Waals surface area contributed by atoms with Gasteiger partial charge in [0.15, 0.2) is 5.69 Å². The summed E-state index contributed by atoms with van der Waals surface area (Å²) >= 11 is 0. The minimum atomic E-state index is -4.79. The summed E-state index contributed by atoms with van der Waals surface area (Å²) in [5.41, 5.74) is 5.55. The van der Waals surface area contributed by atoms with Crippen LogP contribution in [0.25, 0.3) is 5.69 Å². The minimum Gasteiger partial charge on any atom is -0.373 e. The first-order chi connectivity index (χ1) is 19.1. The lowest BCUT2D eigenvalue weighted by Crippen LogP contribution is -2.30. The van der Waals surface area contributed by atoms with Crippen molar-refractivity contribution in [2.24, 2.45) is 23.5 Å². The number of amides is 1. The van der Waals surface area contributed by atoms with Crippen LogP contribution in [0.3, 0.4) is 0 Å². The molecule has 3 N–H and O–H groups in total. The van der Waals surface area contributed by atoms with E-state index >= 15 is 4.39 Å². The number of benzene rings is 1. The molecule has 1 amide bonds. The van der Waals surface area contributed by atoms with Crippen molar-refractivity contribution in [1.29, 1.82) is 0 Å². The Labute approximate surface area is 228 Å². The number of nitrogens with one attached hydrogen (secondary N) is 1. The highest BCUT2D eigenvalue weighted by Crippen LogP contribution is 2.40. The lowest BCUT2D eigenvalue weighted by Gasteiger charge is -2.32. The second-order valence-electron chi connectivity index (χ2n) is 10.2. The summed E-state index contributed by atoms with van der Waals surface area (Å²) < 4.78 is 63.1. The number of aromatic nitrogens is 3. The summed E-state index contributed by atoms with van der Waals surface area (Å²) in [6.07, 6.45) is 3.22. The second kappa shape index (κ2) is 11.3. The molecule has 2 aliphatic carbocycles. The average Bonchev–Trinajstić information content (AvgIpc) is 3.64. The summed E-state index contributed by atoms with van der Waals surface area (Å²) in [6.45, 7) is 2.54. The van der Waals surface area contributed by atoms with Gasteiger partial charge in [0.25, 0.3) is 5.91 Å². The standard InChI is InChI=1S/C29H29F4N5O2/c1-17-10-23(30)24(12-22(17)27(40-16-18-7-8-18)20-5-3-9-35-15-20)36-28(39)25-13-26(29(31,32)33)37-38(25)21-6-2-4-19(11-21)14-34/h2-6,9-13,15,17-18,22,27H,7-8,14,16,34H2,1H3,(H,36,39). The lowest BCUT2D eigenvalue weighted by atomic mass is 9.81. The Kier molecular flexibility index (Phi) is 7.86. The number of pyridine rings is 1. The molecule has 2 aliphatic rings. The number of carbonyl (C=O) groups excluding carboxylic acids is 1. The third-order valence-electron chi connectivity index (χ3n) is 7.08. The van der Waals surface area contributed by atoms with Gasteiger partial charge in [-0.3, -0.25) is 9.78 Å². The van der Waals surface area contributed by atoms with E-state index in [1.807, 2.05) is 13.0 Å². The Morgan fingerprint density at radius 2 is 2.00 bits per heavy atom. The van der Waals surface area contributed by atoms with E-state index in [1.54, 1.807) is 36.7 Å². The van der Waals surface area contributed by atoms with Crippen molar-refractivity contribution in [1.82, 2.24) is 20.1 Å². The first-order valence-electron chi connectivity index (χ1n) is 13.0. The van der Waals surface area contributed by atoms with Crippen LogP contribution in [0.15, 0.2) is 78.5 Å². The van der Waals surface area contributed by atoms with Crippen LogP contribution in [0.5, 0.6) is 0 Å². The number of rotatable bonds is 9. The third kappa shape index (κ3) is 6.15. The van der Waals surface area contributed by atoms with Gasteiger partial charge in [-0.25, -0.2) is 9.07 Å². The molecular weight excluding hydrogens is 526 g/mol. The van der Waals surface area contributed by atoms with Crippen LogP contribution < -0.4 is 11.1 Å². The zero-order valence-electron chi connectivity index (χ0n) is 21.7. The molecular formula is C29H29F4N5O2. The maximum Gasteiger partial charge on any atom is 0.435 e. The van der Waals surface area contributed by atoms with Crippen LogP contribution in [0, 0.1) is 17.8 Å². The monoisotopic (exact) mass is 555 g/mol. The number of hydrogen-bond donors (Lipinski definition) is 2. The van der Waals surface area contributed by atoms with Gasteiger partial charge in [0.2, 0.25) is 0 Å². The van der Waals surface area contributed by atoms with E-state index in [0.717, 1.165) is 23.1 Å². The van der Waals surface area contributed by atoms with Gasteiger partial charge >= 0.3 is 6.18 Å². The van der Waals surface area contributed by atoms with Crippen molar-refractivity contribution in [3.8, 4) is 5.69 Å². The number of nitrogens with two attached hydrogens (primary N) is 1. The van der Waals surface area contributed by atoms with Crippen LogP contribution in [0.2, 0.25) is 0 Å². The van der Waals surface area contributed by atoms with Gasteiger partial charge in [0.1, 0.15) is 11.5 Å². The summed E-state index contributed by atoms with van der Waals surface area (Å²) in [6, 6.07) is 10.7. The highest BCUT2D eigenvalue weighted by molar-refractivity contribution is 5.95. The molecule has 1 saturated carbocycles. The summed E-state index contributed by atoms with van der Waals surface area (Å²) in [4.78, 5) is 17.6. The fraction of sp³-hybridized carbons (Fsp3) is 0.345. The molecule has 0 bridgehead atoms. The number of halogens is 4. The molecule has 5 rings (SSSR count). The molecule has 2 aromatic heterocycles. The van der Waals surface area contributed by atoms with Crippen molar-refractivity contribution in [3.63, 3.8) is 0 Å². The van der Waals surface area contributed by atoms with E-state index in [4.69, 9.17) is 10.5 Å². The van der Waals surface area contributed by atoms with Crippen LogP contribution in [-0.2, 0) is 17.5 Å². The molecule has 3 atom stereocenters. The number of allylic oxidation sites excluding steroid dienone is 2. The highest BCUT2D eigenvalue weighted by atomic mass is 19.4. The number of hydrogen-bond acceptors (Lipinski definition) is 5. The molecule has 40 heavy (non-hydrogen) atoms. The van der Waals surface area contributed by atoms with E-state index in [-0.39, 0.29) is 29.8 Å². The van der Waals surface area contributed by atoms with Crippen molar-refractivity contribution < 1.29 is 27.1 Å². The average molecular weight is 556 g/mol. The molecule has 1 fully saturated rings. The van der Waals surface area contributed by atoms with Crippen LogP contribution >= 0.6 is 0 Å². The van der Waals surface area contributed by atoms with Crippen LogP contribution in [-0.4, -0.2) is 27.3 Å².